The van der Waals surface area contributed by atoms with Crippen LogP contribution in [0.25, 0.3) is 0 Å². The molecule has 290 valence electrons. The summed E-state index contributed by atoms with van der Waals surface area (Å²) in [5, 5.41) is 10.5. The lowest BCUT2D eigenvalue weighted by Crippen LogP contribution is -2.61. The lowest BCUT2D eigenvalue weighted by molar-refractivity contribution is -0.292. The van der Waals surface area contributed by atoms with E-state index in [1.54, 1.807) is 7.11 Å². The number of ketones is 1. The molecule has 10 rings (SSSR count). The smallest absolute Gasteiger partial charge is 0.172 e. The Kier molecular flexibility index (Phi) is 10.0. The van der Waals surface area contributed by atoms with Crippen molar-refractivity contribution in [2.45, 2.75) is 194 Å². The van der Waals surface area contributed by atoms with Gasteiger partial charge < -0.3 is 53.5 Å². The Bertz CT molecular complexity index is 1380. The molecule has 5 unspecified atom stereocenters. The van der Waals surface area contributed by atoms with Gasteiger partial charge in [-0.2, -0.15) is 0 Å². The summed E-state index contributed by atoms with van der Waals surface area (Å²) in [7, 11) is 1.66. The highest BCUT2D eigenvalue weighted by atomic mass is 16.8. The maximum atomic E-state index is 14.1. The SMILES string of the molecule is C=C1C[C@@H]2CC[C@@]34C[C@H]5O[C@H]6[C@@H](O3)[C@H]3OC(CC[C@@H]3O[C@H]6[C@H]5O4)CC(=O)C[C@H]3[C@H](CC4OC(CCC1O2)C[C@@H](C)C4=C)OC(C[C@H](O)CN)[C@@H]3OC. The average molecular weight is 730 g/mol. The Balaban J connectivity index is 0.994. The molecule has 10 heterocycles. The van der Waals surface area contributed by atoms with Gasteiger partial charge in [-0.3, -0.25) is 4.79 Å². The number of ether oxygens (including phenoxy) is 9. The lowest BCUT2D eigenvalue weighted by Gasteiger charge is -2.47. The molecule has 10 aliphatic heterocycles. The van der Waals surface area contributed by atoms with E-state index in [1.165, 1.54) is 0 Å². The summed E-state index contributed by atoms with van der Waals surface area (Å²) < 4.78 is 60.0. The minimum Gasteiger partial charge on any atom is -0.392 e. The minimum absolute atomic E-state index is 0.0158. The normalized spacial score (nSPS) is 52.4. The van der Waals surface area contributed by atoms with Gasteiger partial charge in [0.15, 0.2) is 5.79 Å². The Morgan fingerprint density at radius 1 is 0.808 bits per heavy atom. The predicted molar refractivity (Wildman–Crippen MR) is 186 cm³/mol. The number of carbonyl (C=O) groups is 1. The van der Waals surface area contributed by atoms with Gasteiger partial charge in [-0.25, -0.2) is 0 Å². The highest BCUT2D eigenvalue weighted by molar-refractivity contribution is 5.79. The third-order valence-electron chi connectivity index (χ3n) is 14.0. The van der Waals surface area contributed by atoms with Gasteiger partial charge in [0.05, 0.1) is 67.1 Å². The van der Waals surface area contributed by atoms with Crippen LogP contribution in [0.2, 0.25) is 0 Å². The average Bonchev–Trinajstić information content (AvgIpc) is 3.79. The number of aliphatic hydroxyl groups excluding tert-OH is 1. The van der Waals surface area contributed by atoms with Crippen LogP contribution in [-0.4, -0.2) is 128 Å². The molecule has 12 heteroatoms. The molecule has 0 aromatic heterocycles. The molecule has 10 aliphatic rings. The predicted octanol–water partition coefficient (Wildman–Crippen LogP) is 3.44. The van der Waals surface area contributed by atoms with E-state index in [2.05, 4.69) is 20.1 Å². The highest BCUT2D eigenvalue weighted by Gasteiger charge is 2.68. The van der Waals surface area contributed by atoms with Crippen LogP contribution in [0.3, 0.4) is 0 Å². The van der Waals surface area contributed by atoms with E-state index in [-0.39, 0.29) is 122 Å². The molecule has 3 N–H and O–H groups in total. The molecule has 0 aromatic rings. The van der Waals surface area contributed by atoms with Crippen LogP contribution >= 0.6 is 0 Å². The first-order valence-electron chi connectivity index (χ1n) is 20.2. The molecule has 0 amide bonds. The molecule has 12 nitrogen and oxygen atoms in total. The number of hydrogen-bond donors (Lipinski definition) is 2. The number of fused-ring (bicyclic) bond motifs is 6. The molecule has 10 fully saturated rings. The van der Waals surface area contributed by atoms with Gasteiger partial charge in [-0.1, -0.05) is 20.1 Å². The van der Waals surface area contributed by atoms with E-state index in [0.717, 1.165) is 56.1 Å². The largest absolute Gasteiger partial charge is 0.392 e. The molecule has 1 spiro atoms. The second-order valence-electron chi connectivity index (χ2n) is 17.4. The van der Waals surface area contributed by atoms with E-state index in [4.69, 9.17) is 48.4 Å². The van der Waals surface area contributed by atoms with E-state index in [9.17, 15) is 9.90 Å². The van der Waals surface area contributed by atoms with Crippen LogP contribution in [0.5, 0.6) is 0 Å². The number of nitrogens with two attached hydrogens (primary N) is 1. The molecule has 10 saturated heterocycles. The molecular formula is C40H59NO11. The summed E-state index contributed by atoms with van der Waals surface area (Å²) in [6, 6.07) is 0. The third kappa shape index (κ3) is 6.59. The molecule has 19 atom stereocenters. The summed E-state index contributed by atoms with van der Waals surface area (Å²) >= 11 is 0. The zero-order valence-electron chi connectivity index (χ0n) is 30.8. The number of methoxy groups -OCH3 is 1. The first-order valence-corrected chi connectivity index (χ1v) is 20.2. The molecule has 0 radical (unpaired) electrons. The molecule has 0 saturated carbocycles. The van der Waals surface area contributed by atoms with Gasteiger partial charge in [0, 0.05) is 58.1 Å². The first kappa shape index (κ1) is 36.4. The fourth-order valence-corrected chi connectivity index (χ4v) is 11.3. The van der Waals surface area contributed by atoms with E-state index in [1.807, 2.05) is 0 Å². The second-order valence-corrected chi connectivity index (χ2v) is 17.4. The molecule has 0 aromatic carbocycles. The van der Waals surface area contributed by atoms with Crippen LogP contribution in [0, 0.1) is 11.8 Å². The van der Waals surface area contributed by atoms with Crippen molar-refractivity contribution in [2.75, 3.05) is 13.7 Å². The Morgan fingerprint density at radius 3 is 2.38 bits per heavy atom. The maximum absolute atomic E-state index is 14.1. The maximum Gasteiger partial charge on any atom is 0.172 e. The summed E-state index contributed by atoms with van der Waals surface area (Å²) in [5.41, 5.74) is 8.01. The number of rotatable bonds is 4. The zero-order chi connectivity index (χ0) is 35.9. The number of hydrogen-bond acceptors (Lipinski definition) is 12. The molecule has 12 bridgehead atoms. The van der Waals surface area contributed by atoms with E-state index >= 15 is 0 Å². The summed E-state index contributed by atoms with van der Waals surface area (Å²) in [6.45, 7) is 11.3. The molecule has 0 aliphatic carbocycles. The van der Waals surface area contributed by atoms with E-state index < -0.39 is 18.0 Å². The minimum atomic E-state index is -0.780. The van der Waals surface area contributed by atoms with Crippen molar-refractivity contribution in [1.29, 1.82) is 0 Å². The van der Waals surface area contributed by atoms with Gasteiger partial charge in [-0.05, 0) is 62.0 Å². The van der Waals surface area contributed by atoms with Crippen LogP contribution in [0.4, 0.5) is 0 Å². The van der Waals surface area contributed by atoms with Crippen LogP contribution in [0.15, 0.2) is 24.3 Å². The van der Waals surface area contributed by atoms with Crippen molar-refractivity contribution in [3.8, 4) is 0 Å². The van der Waals surface area contributed by atoms with Crippen LogP contribution in [0.1, 0.15) is 90.4 Å². The van der Waals surface area contributed by atoms with Gasteiger partial charge in [0.2, 0.25) is 0 Å². The topological polar surface area (TPSA) is 146 Å². The molecular weight excluding hydrogens is 670 g/mol. The second kappa shape index (κ2) is 14.3. The Labute approximate surface area is 307 Å². The Morgan fingerprint density at radius 2 is 1.56 bits per heavy atom. The van der Waals surface area contributed by atoms with Crippen molar-refractivity contribution in [3.05, 3.63) is 24.3 Å². The van der Waals surface area contributed by atoms with Gasteiger partial charge in [0.25, 0.3) is 0 Å². The van der Waals surface area contributed by atoms with Crippen molar-refractivity contribution in [3.63, 3.8) is 0 Å². The van der Waals surface area contributed by atoms with Crippen molar-refractivity contribution in [1.82, 2.24) is 0 Å². The van der Waals surface area contributed by atoms with Gasteiger partial charge in [-0.15, -0.1) is 0 Å². The fourth-order valence-electron chi connectivity index (χ4n) is 11.3. The van der Waals surface area contributed by atoms with Crippen molar-refractivity contribution in [2.24, 2.45) is 17.6 Å². The van der Waals surface area contributed by atoms with Gasteiger partial charge >= 0.3 is 0 Å². The standard InChI is InChI=1S/C40H59NO11/c1-19-11-24-5-7-28-20(2)12-26(45-28)9-10-40-17-33-36(51-40)37-38(50-33)39(52-40)35-29(49-37)8-6-25(47-35)13-22(42)14-27-31(16-30(46-24)21(19)3)48-32(34(27)44-4)15-23(43)18-41/h19,23-39,43H,2-3,5-18,41H2,1,4H3/t19-,23+,24?,25?,26+,27+,28?,29+,30?,31+,32?,33-,34-,35+,36+,37+,38-,39+,40+/m1/s1. The zero-order valence-corrected chi connectivity index (χ0v) is 30.8. The number of aliphatic hydroxyl groups is 1. The quantitative estimate of drug-likeness (QED) is 0.409. The van der Waals surface area contributed by atoms with Crippen molar-refractivity contribution >= 4 is 5.78 Å². The highest BCUT2D eigenvalue weighted by Crippen LogP contribution is 2.54. The third-order valence-corrected chi connectivity index (χ3v) is 14.0. The summed E-state index contributed by atoms with van der Waals surface area (Å²) in [6.07, 6.45) is 4.85. The van der Waals surface area contributed by atoms with E-state index in [0.29, 0.717) is 25.7 Å². The Hall–Kier alpha value is -1.29. The van der Waals surface area contributed by atoms with Crippen LogP contribution < -0.4 is 5.73 Å². The van der Waals surface area contributed by atoms with Crippen LogP contribution in [-0.2, 0) is 47.4 Å². The number of carbonyl (C=O) groups excluding carboxylic acids is 1. The summed E-state index contributed by atoms with van der Waals surface area (Å²) in [5.74, 6) is -0.619. The monoisotopic (exact) mass is 729 g/mol. The number of Topliss-reactive ketones (excluding diaryl/α,β-unsaturated/α-hetero) is 1. The molecule has 52 heavy (non-hydrogen) atoms. The first-order chi connectivity index (χ1) is 25.1. The lowest BCUT2D eigenvalue weighted by atomic mass is 9.81. The summed E-state index contributed by atoms with van der Waals surface area (Å²) in [4.78, 5) is 14.1. The van der Waals surface area contributed by atoms with Gasteiger partial charge in [0.1, 0.15) is 36.3 Å². The van der Waals surface area contributed by atoms with Crippen molar-refractivity contribution < 1.29 is 52.5 Å². The fraction of sp³-hybridized carbons (Fsp3) is 0.875.